The number of nitro benzene ring substituents is 1. The van der Waals surface area contributed by atoms with Gasteiger partial charge in [0.2, 0.25) is 5.91 Å². The van der Waals surface area contributed by atoms with E-state index in [1.54, 1.807) is 0 Å². The van der Waals surface area contributed by atoms with E-state index in [1.165, 1.54) is 40.9 Å². The van der Waals surface area contributed by atoms with Crippen LogP contribution in [-0.2, 0) is 20.9 Å². The Morgan fingerprint density at radius 2 is 2.08 bits per heavy atom. The lowest BCUT2D eigenvalue weighted by atomic mass is 9.99. The van der Waals surface area contributed by atoms with Crippen LogP contribution in [0.25, 0.3) is 0 Å². The Morgan fingerprint density at radius 3 is 2.68 bits per heavy atom. The molecular weight excluding hydrogens is 370 g/mol. The van der Waals surface area contributed by atoms with Crippen LogP contribution in [0.4, 0.5) is 5.69 Å². The van der Waals surface area contributed by atoms with Crippen molar-refractivity contribution < 1.29 is 19.2 Å². The van der Waals surface area contributed by atoms with Crippen molar-refractivity contribution >= 4 is 41.7 Å². The van der Waals surface area contributed by atoms with E-state index in [1.807, 2.05) is 0 Å². The van der Waals surface area contributed by atoms with Gasteiger partial charge in [0.1, 0.15) is 18.0 Å². The van der Waals surface area contributed by atoms with Gasteiger partial charge in [-0.1, -0.05) is 6.58 Å². The molecule has 1 aromatic carbocycles. The second-order valence-electron chi connectivity index (χ2n) is 5.56. The number of esters is 1. The van der Waals surface area contributed by atoms with E-state index in [0.717, 1.165) is 0 Å². The number of nitro groups is 1. The molecule has 1 amide bonds. The topological polar surface area (TPSA) is 116 Å². The van der Waals surface area contributed by atoms with Gasteiger partial charge in [0, 0.05) is 17.9 Å². The Hall–Kier alpha value is -2.10. The average molecular weight is 386 g/mol. The lowest BCUT2D eigenvalue weighted by molar-refractivity contribution is -0.384. The molecule has 0 aliphatic carbocycles. The lowest BCUT2D eigenvalue weighted by Gasteiger charge is -2.51. The van der Waals surface area contributed by atoms with Crippen molar-refractivity contribution in [3.8, 4) is 0 Å². The van der Waals surface area contributed by atoms with Crippen molar-refractivity contribution in [2.24, 2.45) is 5.73 Å². The quantitative estimate of drug-likeness (QED) is 0.272. The van der Waals surface area contributed by atoms with E-state index in [0.29, 0.717) is 16.9 Å². The number of carbonyl (C=O) groups is 2. The summed E-state index contributed by atoms with van der Waals surface area (Å²) in [5.41, 5.74) is 6.92. The molecule has 8 nitrogen and oxygen atoms in total. The molecule has 3 rings (SSSR count). The van der Waals surface area contributed by atoms with Crippen LogP contribution in [0.5, 0.6) is 0 Å². The molecule has 10 heteroatoms. The average Bonchev–Trinajstić information content (AvgIpc) is 2.59. The first-order valence-corrected chi connectivity index (χ1v) is 8.22. The molecule has 0 saturated carbocycles. The molecule has 0 spiro atoms. The molecule has 0 aromatic heterocycles. The molecule has 0 bridgehead atoms. The van der Waals surface area contributed by atoms with Crippen molar-refractivity contribution in [2.75, 3.05) is 5.75 Å². The summed E-state index contributed by atoms with van der Waals surface area (Å²) >= 11 is 1.48. The normalized spacial score (nSPS) is 24.7. The lowest BCUT2D eigenvalue weighted by Crippen LogP contribution is -2.73. The highest BCUT2D eigenvalue weighted by molar-refractivity contribution is 8.00. The zero-order valence-corrected chi connectivity index (χ0v) is 14.6. The summed E-state index contributed by atoms with van der Waals surface area (Å²) < 4.78 is 5.26. The predicted octanol–water partition coefficient (Wildman–Crippen LogP) is 1.23. The number of fused-ring (bicyclic) bond motifs is 1. The molecule has 134 valence electrons. The first kappa shape index (κ1) is 19.2. The molecule has 2 aliphatic rings. The van der Waals surface area contributed by atoms with Crippen LogP contribution in [-0.4, -0.2) is 44.9 Å². The highest BCUT2D eigenvalue weighted by Gasteiger charge is 2.54. The van der Waals surface area contributed by atoms with Crippen molar-refractivity contribution in [1.82, 2.24) is 4.90 Å². The maximum absolute atomic E-state index is 12.4. The molecule has 0 radical (unpaired) electrons. The number of benzene rings is 1. The first-order valence-electron chi connectivity index (χ1n) is 7.17. The summed E-state index contributed by atoms with van der Waals surface area (Å²) in [4.78, 5) is 35.8. The Kier molecular flexibility index (Phi) is 5.71. The zero-order valence-electron chi connectivity index (χ0n) is 13.0. The van der Waals surface area contributed by atoms with Crippen molar-refractivity contribution in [2.45, 2.75) is 24.1 Å². The molecule has 2 unspecified atom stereocenters. The van der Waals surface area contributed by atoms with E-state index in [2.05, 4.69) is 6.58 Å². The largest absolute Gasteiger partial charge is 0.459 e. The fraction of sp³-hybridized carbons (Fsp3) is 0.333. The molecule has 2 aliphatic heterocycles. The minimum Gasteiger partial charge on any atom is -0.459 e. The second kappa shape index (κ2) is 7.42. The molecule has 2 heterocycles. The Morgan fingerprint density at radius 1 is 1.44 bits per heavy atom. The summed E-state index contributed by atoms with van der Waals surface area (Å²) in [5.74, 6) is -0.311. The smallest absolute Gasteiger partial charge is 0.333 e. The number of halogens is 1. The number of rotatable bonds is 4. The van der Waals surface area contributed by atoms with Gasteiger partial charge in [-0.15, -0.1) is 24.2 Å². The van der Waals surface area contributed by atoms with Gasteiger partial charge in [0.25, 0.3) is 5.69 Å². The van der Waals surface area contributed by atoms with Gasteiger partial charge in [-0.2, -0.15) is 0 Å². The number of non-ortho nitro benzene ring substituents is 1. The van der Waals surface area contributed by atoms with Crippen molar-refractivity contribution in [3.05, 3.63) is 52.1 Å². The molecular formula is C15H16ClN3O5S. The number of hydrogen-bond acceptors (Lipinski definition) is 7. The summed E-state index contributed by atoms with van der Waals surface area (Å²) in [5, 5.41) is 10.4. The summed E-state index contributed by atoms with van der Waals surface area (Å²) in [7, 11) is 0. The van der Waals surface area contributed by atoms with Crippen LogP contribution in [0.3, 0.4) is 0 Å². The van der Waals surface area contributed by atoms with Crippen molar-refractivity contribution in [1.29, 1.82) is 0 Å². The fourth-order valence-electron chi connectivity index (χ4n) is 2.66. The van der Waals surface area contributed by atoms with Crippen LogP contribution in [0.15, 0.2) is 36.4 Å². The Balaban J connectivity index is 0.00000225. The summed E-state index contributed by atoms with van der Waals surface area (Å²) in [6, 6.07) is 4.31. The van der Waals surface area contributed by atoms with Crippen LogP contribution in [0, 0.1) is 10.1 Å². The Labute approximate surface area is 153 Å². The number of nitrogens with two attached hydrogens (primary N) is 1. The third-order valence-electron chi connectivity index (χ3n) is 3.98. The predicted molar refractivity (Wildman–Crippen MR) is 94.1 cm³/mol. The van der Waals surface area contributed by atoms with E-state index in [9.17, 15) is 19.7 Å². The second-order valence-corrected chi connectivity index (χ2v) is 6.67. The standard InChI is InChI=1S/C15H15N3O5S.ClH/c1-8-7-24-14-11(16)13(19)17(14)12(8)15(20)23-6-9-2-4-10(5-3-9)18(21)22;/h2-5,11-12,14H,1,6-7,16H2;1H/t11?,12?,14-;/m0./s1. The summed E-state index contributed by atoms with van der Waals surface area (Å²) in [6.45, 7) is 3.81. The molecule has 1 aromatic rings. The molecule has 2 fully saturated rings. The number of hydrogen-bond donors (Lipinski definition) is 1. The first-order chi connectivity index (χ1) is 11.4. The van der Waals surface area contributed by atoms with Crippen LogP contribution < -0.4 is 5.73 Å². The van der Waals surface area contributed by atoms with E-state index < -0.39 is 23.0 Å². The van der Waals surface area contributed by atoms with Crippen LogP contribution in [0.1, 0.15) is 5.56 Å². The van der Waals surface area contributed by atoms with Gasteiger partial charge >= 0.3 is 5.97 Å². The molecule has 2 saturated heterocycles. The maximum atomic E-state index is 12.4. The number of amides is 1. The maximum Gasteiger partial charge on any atom is 0.333 e. The zero-order chi connectivity index (χ0) is 17.4. The number of carbonyl (C=O) groups excluding carboxylic acids is 2. The van der Waals surface area contributed by atoms with Gasteiger partial charge in [0.15, 0.2) is 6.04 Å². The van der Waals surface area contributed by atoms with E-state index in [4.69, 9.17) is 10.5 Å². The van der Waals surface area contributed by atoms with Crippen LogP contribution in [0.2, 0.25) is 0 Å². The Bertz CT molecular complexity index is 726. The van der Waals surface area contributed by atoms with E-state index in [-0.39, 0.29) is 36.0 Å². The number of nitrogens with zero attached hydrogens (tertiary/aromatic N) is 2. The SMILES string of the molecule is C=C1CS[C@H]2C(N)C(=O)N2C1C(=O)OCc1ccc([N+](=O)[O-])cc1.Cl. The molecule has 3 atom stereocenters. The number of ether oxygens (including phenoxy) is 1. The molecule has 2 N–H and O–H groups in total. The van der Waals surface area contributed by atoms with Gasteiger partial charge < -0.3 is 15.4 Å². The number of β-lactam (4-membered cyclic amide) rings is 1. The van der Waals surface area contributed by atoms with Gasteiger partial charge in [0.05, 0.1) is 4.92 Å². The number of thioether (sulfide) groups is 1. The summed E-state index contributed by atoms with van der Waals surface area (Å²) in [6.07, 6.45) is 0. The van der Waals surface area contributed by atoms with Gasteiger partial charge in [-0.3, -0.25) is 14.9 Å². The monoisotopic (exact) mass is 385 g/mol. The van der Waals surface area contributed by atoms with Gasteiger partial charge in [-0.05, 0) is 23.3 Å². The highest BCUT2D eigenvalue weighted by atomic mass is 35.5. The van der Waals surface area contributed by atoms with Gasteiger partial charge in [-0.25, -0.2) is 4.79 Å². The highest BCUT2D eigenvalue weighted by Crippen LogP contribution is 2.39. The van der Waals surface area contributed by atoms with E-state index >= 15 is 0 Å². The third kappa shape index (κ3) is 3.48. The fourth-order valence-corrected chi connectivity index (χ4v) is 3.92. The minimum absolute atomic E-state index is 0. The minimum atomic E-state index is -0.818. The third-order valence-corrected chi connectivity index (χ3v) is 5.38. The van der Waals surface area contributed by atoms with Crippen LogP contribution >= 0.6 is 24.2 Å². The van der Waals surface area contributed by atoms with Crippen molar-refractivity contribution in [3.63, 3.8) is 0 Å². The molecule has 25 heavy (non-hydrogen) atoms.